The minimum Gasteiger partial charge on any atom is -0.452 e. The Morgan fingerprint density at radius 2 is 1.87 bits per heavy atom. The van der Waals surface area contributed by atoms with Crippen LogP contribution < -0.4 is 10.7 Å². The number of carbonyl (C=O) groups excluding carboxylic acids is 4. The van der Waals surface area contributed by atoms with Crippen molar-refractivity contribution in [1.82, 2.24) is 25.5 Å². The normalized spacial score (nSPS) is 18.3. The van der Waals surface area contributed by atoms with Gasteiger partial charge in [-0.05, 0) is 57.5 Å². The number of esters is 1. The first-order chi connectivity index (χ1) is 14.1. The molecule has 1 aromatic heterocycles. The number of carbonyl (C=O) groups is 4. The monoisotopic (exact) mass is 413 g/mol. The van der Waals surface area contributed by atoms with E-state index < -0.39 is 36.0 Å². The molecule has 3 rings (SSSR count). The van der Waals surface area contributed by atoms with Crippen molar-refractivity contribution in [3.05, 3.63) is 47.3 Å². The van der Waals surface area contributed by atoms with E-state index in [0.29, 0.717) is 11.4 Å². The third-order valence-electron chi connectivity index (χ3n) is 4.90. The van der Waals surface area contributed by atoms with Crippen molar-refractivity contribution in [3.8, 4) is 5.69 Å². The Bertz CT molecular complexity index is 1010. The smallest absolute Gasteiger partial charge is 0.344 e. The summed E-state index contributed by atoms with van der Waals surface area (Å²) in [5, 5.41) is 7.48. The standard InChI is InChI=1S/C20H23N5O5/c1-5-20(4)18(28)25(19(29)21-20)23-16(26)11-30-17(27)14-6-8-15(9-7-14)24-13(3)10-12(2)22-24/h6-10H,5,11H2,1-4H3,(H,21,29)(H,23,26)/t20-/m0/s1. The van der Waals surface area contributed by atoms with Crippen LogP contribution in [0.15, 0.2) is 30.3 Å². The number of urea groups is 1. The molecule has 1 aliphatic heterocycles. The zero-order valence-electron chi connectivity index (χ0n) is 17.2. The predicted molar refractivity (Wildman–Crippen MR) is 106 cm³/mol. The molecule has 158 valence electrons. The van der Waals surface area contributed by atoms with Crippen LogP contribution in [0.25, 0.3) is 5.69 Å². The Labute approximate surface area is 173 Å². The number of aryl methyl sites for hydroxylation is 2. The van der Waals surface area contributed by atoms with Crippen molar-refractivity contribution in [2.24, 2.45) is 0 Å². The first kappa shape index (κ1) is 21.0. The van der Waals surface area contributed by atoms with Crippen LogP contribution in [0.1, 0.15) is 42.0 Å². The molecule has 0 saturated carbocycles. The lowest BCUT2D eigenvalue weighted by Crippen LogP contribution is -2.49. The number of ether oxygens (including phenoxy) is 1. The SMILES string of the molecule is CC[C@]1(C)NC(=O)N(NC(=O)COC(=O)c2ccc(-n3nc(C)cc3C)cc2)C1=O. The van der Waals surface area contributed by atoms with E-state index in [1.807, 2.05) is 19.9 Å². The van der Waals surface area contributed by atoms with Gasteiger partial charge in [-0.3, -0.25) is 15.0 Å². The van der Waals surface area contributed by atoms with Gasteiger partial charge in [-0.2, -0.15) is 10.1 Å². The van der Waals surface area contributed by atoms with Gasteiger partial charge in [0.25, 0.3) is 11.8 Å². The third kappa shape index (κ3) is 4.02. The highest BCUT2D eigenvalue weighted by atomic mass is 16.5. The van der Waals surface area contributed by atoms with E-state index in [0.717, 1.165) is 17.1 Å². The summed E-state index contributed by atoms with van der Waals surface area (Å²) in [6.07, 6.45) is 0.368. The van der Waals surface area contributed by atoms with Crippen LogP contribution in [0.5, 0.6) is 0 Å². The van der Waals surface area contributed by atoms with Crippen LogP contribution in [0.3, 0.4) is 0 Å². The molecule has 30 heavy (non-hydrogen) atoms. The summed E-state index contributed by atoms with van der Waals surface area (Å²) in [6.45, 7) is 6.48. The molecular weight excluding hydrogens is 390 g/mol. The lowest BCUT2D eigenvalue weighted by molar-refractivity contribution is -0.139. The van der Waals surface area contributed by atoms with E-state index >= 15 is 0 Å². The highest BCUT2D eigenvalue weighted by Crippen LogP contribution is 2.19. The minimum absolute atomic E-state index is 0.252. The largest absolute Gasteiger partial charge is 0.452 e. The fourth-order valence-corrected chi connectivity index (χ4v) is 3.03. The second-order valence-corrected chi connectivity index (χ2v) is 7.25. The molecule has 0 unspecified atom stereocenters. The summed E-state index contributed by atoms with van der Waals surface area (Å²) in [5.74, 6) is -2.08. The Kier molecular flexibility index (Phi) is 5.59. The van der Waals surface area contributed by atoms with E-state index in [2.05, 4.69) is 15.8 Å². The summed E-state index contributed by atoms with van der Waals surface area (Å²) in [5.41, 5.74) is 3.96. The molecule has 1 saturated heterocycles. The molecule has 1 aromatic carbocycles. The van der Waals surface area contributed by atoms with Crippen LogP contribution in [0, 0.1) is 13.8 Å². The van der Waals surface area contributed by atoms with Gasteiger partial charge in [0.1, 0.15) is 5.54 Å². The number of hydrazine groups is 1. The van der Waals surface area contributed by atoms with Gasteiger partial charge in [0, 0.05) is 5.69 Å². The maximum atomic E-state index is 12.3. The van der Waals surface area contributed by atoms with E-state index in [1.54, 1.807) is 42.8 Å². The maximum Gasteiger partial charge on any atom is 0.344 e. The summed E-state index contributed by atoms with van der Waals surface area (Å²) in [7, 11) is 0. The molecule has 4 amide bonds. The second kappa shape index (κ2) is 7.97. The quantitative estimate of drug-likeness (QED) is 0.545. The summed E-state index contributed by atoms with van der Waals surface area (Å²) in [4.78, 5) is 48.4. The van der Waals surface area contributed by atoms with Crippen LogP contribution in [-0.2, 0) is 14.3 Å². The molecule has 1 aliphatic rings. The van der Waals surface area contributed by atoms with Crippen LogP contribution in [0.2, 0.25) is 0 Å². The van der Waals surface area contributed by atoms with E-state index in [9.17, 15) is 19.2 Å². The van der Waals surface area contributed by atoms with Crippen molar-refractivity contribution in [1.29, 1.82) is 0 Å². The summed E-state index contributed by atoms with van der Waals surface area (Å²) >= 11 is 0. The van der Waals surface area contributed by atoms with Crippen molar-refractivity contribution < 1.29 is 23.9 Å². The zero-order chi connectivity index (χ0) is 22.1. The van der Waals surface area contributed by atoms with Crippen LogP contribution >= 0.6 is 0 Å². The Hall–Kier alpha value is -3.69. The van der Waals surface area contributed by atoms with Gasteiger partial charge in [0.2, 0.25) is 0 Å². The van der Waals surface area contributed by atoms with Gasteiger partial charge in [-0.1, -0.05) is 6.92 Å². The van der Waals surface area contributed by atoms with E-state index in [-0.39, 0.29) is 5.56 Å². The number of aromatic nitrogens is 2. The maximum absolute atomic E-state index is 12.3. The van der Waals surface area contributed by atoms with Gasteiger partial charge >= 0.3 is 12.0 Å². The molecule has 10 nitrogen and oxygen atoms in total. The number of amides is 4. The molecule has 1 fully saturated rings. The highest BCUT2D eigenvalue weighted by molar-refractivity contribution is 6.07. The zero-order valence-corrected chi connectivity index (χ0v) is 17.2. The van der Waals surface area contributed by atoms with Crippen molar-refractivity contribution in [3.63, 3.8) is 0 Å². The third-order valence-corrected chi connectivity index (χ3v) is 4.90. The second-order valence-electron chi connectivity index (χ2n) is 7.25. The van der Waals surface area contributed by atoms with Gasteiger partial charge in [0.15, 0.2) is 6.61 Å². The summed E-state index contributed by atoms with van der Waals surface area (Å²) in [6, 6.07) is 7.77. The molecule has 0 bridgehead atoms. The van der Waals surface area contributed by atoms with Crippen LogP contribution in [-0.4, -0.2) is 50.7 Å². The average molecular weight is 413 g/mol. The molecule has 10 heteroatoms. The topological polar surface area (TPSA) is 123 Å². The molecular formula is C20H23N5O5. The van der Waals surface area contributed by atoms with Crippen molar-refractivity contribution >= 4 is 23.8 Å². The Morgan fingerprint density at radius 1 is 1.20 bits per heavy atom. The Morgan fingerprint density at radius 3 is 2.40 bits per heavy atom. The van der Waals surface area contributed by atoms with Crippen molar-refractivity contribution in [2.75, 3.05) is 6.61 Å². The Balaban J connectivity index is 1.56. The lowest BCUT2D eigenvalue weighted by atomic mass is 10.00. The summed E-state index contributed by atoms with van der Waals surface area (Å²) < 4.78 is 6.73. The van der Waals surface area contributed by atoms with Crippen LogP contribution in [0.4, 0.5) is 4.79 Å². The lowest BCUT2D eigenvalue weighted by Gasteiger charge is -2.19. The highest BCUT2D eigenvalue weighted by Gasteiger charge is 2.47. The number of hydrogen-bond acceptors (Lipinski definition) is 6. The van der Waals surface area contributed by atoms with Gasteiger partial charge in [-0.25, -0.2) is 14.3 Å². The molecule has 0 radical (unpaired) electrons. The molecule has 2 N–H and O–H groups in total. The number of rotatable bonds is 6. The molecule has 2 aromatic rings. The average Bonchev–Trinajstić information content (AvgIpc) is 3.17. The van der Waals surface area contributed by atoms with Gasteiger partial charge < -0.3 is 10.1 Å². The van der Waals surface area contributed by atoms with Gasteiger partial charge in [0.05, 0.1) is 16.9 Å². The number of imide groups is 1. The van der Waals surface area contributed by atoms with E-state index in [4.69, 9.17) is 4.74 Å². The van der Waals surface area contributed by atoms with Gasteiger partial charge in [-0.15, -0.1) is 0 Å². The van der Waals surface area contributed by atoms with Crippen molar-refractivity contribution in [2.45, 2.75) is 39.7 Å². The fourth-order valence-electron chi connectivity index (χ4n) is 3.03. The van der Waals surface area contributed by atoms with E-state index in [1.165, 1.54) is 0 Å². The number of hydrogen-bond donors (Lipinski definition) is 2. The molecule has 0 aliphatic carbocycles. The minimum atomic E-state index is -1.08. The molecule has 2 heterocycles. The first-order valence-corrected chi connectivity index (χ1v) is 9.41. The molecule has 1 atom stereocenters. The molecule has 0 spiro atoms. The number of benzene rings is 1. The first-order valence-electron chi connectivity index (χ1n) is 9.41. The number of nitrogens with zero attached hydrogens (tertiary/aromatic N) is 3. The predicted octanol–water partition coefficient (Wildman–Crippen LogP) is 1.40. The number of nitrogens with one attached hydrogen (secondary N) is 2. The fraction of sp³-hybridized carbons (Fsp3) is 0.350.